The fraction of sp³-hybridized carbons (Fsp3) is 0.417. The second-order valence-corrected chi connectivity index (χ2v) is 9.17. The van der Waals surface area contributed by atoms with Gasteiger partial charge in [-0.15, -0.1) is 0 Å². The number of likely N-dealkylation sites (tertiary alicyclic amines) is 1. The topological polar surface area (TPSA) is 91.6 Å². The number of benzene rings is 1. The van der Waals surface area contributed by atoms with Crippen LogP contribution in [0.3, 0.4) is 0 Å². The third-order valence-corrected chi connectivity index (χ3v) is 5.70. The fourth-order valence-corrected chi connectivity index (χ4v) is 3.84. The third kappa shape index (κ3) is 4.90. The van der Waals surface area contributed by atoms with Crippen LogP contribution in [0.25, 0.3) is 5.65 Å². The minimum Gasteiger partial charge on any atom is -0.370 e. The van der Waals surface area contributed by atoms with Crippen LogP contribution in [0, 0.1) is 0 Å². The van der Waals surface area contributed by atoms with E-state index in [0.29, 0.717) is 30.0 Å². The van der Waals surface area contributed by atoms with Gasteiger partial charge in [-0.05, 0) is 36.0 Å². The zero-order valence-electron chi connectivity index (χ0n) is 18.9. The van der Waals surface area contributed by atoms with Crippen molar-refractivity contribution in [3.8, 4) is 0 Å². The number of fused-ring (bicyclic) bond motifs is 1. The van der Waals surface area contributed by atoms with Crippen molar-refractivity contribution in [3.05, 3.63) is 53.7 Å². The zero-order valence-corrected chi connectivity index (χ0v) is 18.9. The monoisotopic (exact) mass is 434 g/mol. The van der Waals surface area contributed by atoms with Crippen molar-refractivity contribution in [3.63, 3.8) is 0 Å². The van der Waals surface area contributed by atoms with Crippen molar-refractivity contribution < 1.29 is 9.59 Å². The van der Waals surface area contributed by atoms with Crippen LogP contribution in [0.4, 0.5) is 11.6 Å². The van der Waals surface area contributed by atoms with Gasteiger partial charge in [0.25, 0.3) is 5.91 Å². The van der Waals surface area contributed by atoms with E-state index >= 15 is 0 Å². The highest BCUT2D eigenvalue weighted by atomic mass is 16.2. The molecule has 32 heavy (non-hydrogen) atoms. The largest absolute Gasteiger partial charge is 0.370 e. The number of nitrogens with zero attached hydrogens (tertiary/aromatic N) is 4. The average molecular weight is 435 g/mol. The van der Waals surface area contributed by atoms with Crippen molar-refractivity contribution in [2.75, 3.05) is 30.3 Å². The maximum absolute atomic E-state index is 12.8. The number of carbonyl (C=O) groups is 2. The van der Waals surface area contributed by atoms with E-state index in [4.69, 9.17) is 0 Å². The molecule has 1 saturated heterocycles. The van der Waals surface area contributed by atoms with Gasteiger partial charge in [0.15, 0.2) is 5.65 Å². The first-order valence-electron chi connectivity index (χ1n) is 11.1. The molecule has 0 atom stereocenters. The summed E-state index contributed by atoms with van der Waals surface area (Å²) in [6, 6.07) is 11.2. The zero-order chi connectivity index (χ0) is 22.7. The maximum Gasteiger partial charge on any atom is 0.256 e. The predicted octanol–water partition coefficient (Wildman–Crippen LogP) is 3.70. The molecule has 1 fully saturated rings. The Balaban J connectivity index is 1.42. The van der Waals surface area contributed by atoms with E-state index in [1.54, 1.807) is 22.8 Å². The van der Waals surface area contributed by atoms with E-state index in [9.17, 15) is 9.59 Å². The number of hydrogen-bond acceptors (Lipinski definition) is 5. The molecule has 1 aromatic carbocycles. The molecule has 8 nitrogen and oxygen atoms in total. The smallest absolute Gasteiger partial charge is 0.256 e. The number of amides is 2. The molecule has 1 aliphatic heterocycles. The summed E-state index contributed by atoms with van der Waals surface area (Å²) in [4.78, 5) is 30.9. The SMILES string of the molecule is CC(C)(C)c1ccc(C(=O)Nc2cc(NCCCN3CCCC3=O)n3nccc3n2)cc1. The average Bonchev–Trinajstić information content (AvgIpc) is 3.39. The first-order valence-corrected chi connectivity index (χ1v) is 11.1. The van der Waals surface area contributed by atoms with Crippen LogP contribution >= 0.6 is 0 Å². The normalized spacial score (nSPS) is 14.2. The summed E-state index contributed by atoms with van der Waals surface area (Å²) < 4.78 is 1.70. The molecule has 168 valence electrons. The first kappa shape index (κ1) is 21.8. The molecule has 4 rings (SSSR count). The van der Waals surface area contributed by atoms with Gasteiger partial charge in [-0.2, -0.15) is 9.61 Å². The highest BCUT2D eigenvalue weighted by Crippen LogP contribution is 2.23. The first-order chi connectivity index (χ1) is 15.3. The lowest BCUT2D eigenvalue weighted by molar-refractivity contribution is -0.127. The van der Waals surface area contributed by atoms with Crippen molar-refractivity contribution in [1.82, 2.24) is 19.5 Å². The van der Waals surface area contributed by atoms with Crippen LogP contribution in [0.2, 0.25) is 0 Å². The summed E-state index contributed by atoms with van der Waals surface area (Å²) in [7, 11) is 0. The summed E-state index contributed by atoms with van der Waals surface area (Å²) in [5.74, 6) is 1.23. The van der Waals surface area contributed by atoms with E-state index in [1.807, 2.05) is 29.2 Å². The lowest BCUT2D eigenvalue weighted by Crippen LogP contribution is -2.27. The molecule has 2 N–H and O–H groups in total. The molecule has 3 aromatic rings. The van der Waals surface area contributed by atoms with Crippen LogP contribution in [0.15, 0.2) is 42.6 Å². The van der Waals surface area contributed by atoms with Crippen molar-refractivity contribution in [2.24, 2.45) is 0 Å². The van der Waals surface area contributed by atoms with Gasteiger partial charge < -0.3 is 15.5 Å². The predicted molar refractivity (Wildman–Crippen MR) is 125 cm³/mol. The van der Waals surface area contributed by atoms with Gasteiger partial charge >= 0.3 is 0 Å². The number of hydrogen-bond donors (Lipinski definition) is 2. The summed E-state index contributed by atoms with van der Waals surface area (Å²) in [6.07, 6.45) is 4.12. The van der Waals surface area contributed by atoms with Gasteiger partial charge in [-0.1, -0.05) is 32.9 Å². The fourth-order valence-electron chi connectivity index (χ4n) is 3.84. The van der Waals surface area contributed by atoms with E-state index in [2.05, 4.69) is 41.5 Å². The Morgan fingerprint density at radius 3 is 2.62 bits per heavy atom. The highest BCUT2D eigenvalue weighted by molar-refractivity contribution is 6.04. The van der Waals surface area contributed by atoms with Crippen molar-refractivity contribution >= 4 is 29.1 Å². The van der Waals surface area contributed by atoms with Gasteiger partial charge in [-0.3, -0.25) is 9.59 Å². The summed E-state index contributed by atoms with van der Waals surface area (Å²) >= 11 is 0. The van der Waals surface area contributed by atoms with Crippen LogP contribution < -0.4 is 10.6 Å². The second kappa shape index (κ2) is 8.98. The van der Waals surface area contributed by atoms with Gasteiger partial charge in [0.1, 0.15) is 11.6 Å². The molecule has 8 heteroatoms. The summed E-state index contributed by atoms with van der Waals surface area (Å²) in [5, 5.41) is 10.6. The minimum atomic E-state index is -0.208. The molecule has 2 amide bonds. The van der Waals surface area contributed by atoms with Crippen LogP contribution in [0.1, 0.15) is 56.0 Å². The highest BCUT2D eigenvalue weighted by Gasteiger charge is 2.19. The molecule has 2 aromatic heterocycles. The Morgan fingerprint density at radius 1 is 1.16 bits per heavy atom. The summed E-state index contributed by atoms with van der Waals surface area (Å²) in [6.45, 7) is 8.71. The maximum atomic E-state index is 12.8. The summed E-state index contributed by atoms with van der Waals surface area (Å²) in [5.41, 5.74) is 2.43. The molecule has 0 spiro atoms. The van der Waals surface area contributed by atoms with Gasteiger partial charge in [-0.25, -0.2) is 4.98 Å². The Morgan fingerprint density at radius 2 is 1.94 bits per heavy atom. The van der Waals surface area contributed by atoms with Crippen LogP contribution in [-0.4, -0.2) is 50.9 Å². The Kier molecular flexibility index (Phi) is 6.12. The quantitative estimate of drug-likeness (QED) is 0.553. The van der Waals surface area contributed by atoms with Crippen molar-refractivity contribution in [2.45, 2.75) is 45.4 Å². The number of rotatable bonds is 7. The van der Waals surface area contributed by atoms with Crippen LogP contribution in [-0.2, 0) is 10.2 Å². The third-order valence-electron chi connectivity index (χ3n) is 5.70. The standard InChI is InChI=1S/C24H30N6O2/c1-24(2,3)18-9-7-17(8-10-18)23(32)28-19-16-21(30-20(27-19)11-13-26-30)25-12-5-15-29-14-4-6-22(29)31/h7-11,13,16,25H,4-6,12,14-15H2,1-3H3,(H,27,28,32). The molecule has 3 heterocycles. The van der Waals surface area contributed by atoms with Crippen molar-refractivity contribution in [1.29, 1.82) is 0 Å². The Labute approximate surface area is 188 Å². The van der Waals surface area contributed by atoms with Gasteiger partial charge in [0, 0.05) is 43.8 Å². The Bertz CT molecular complexity index is 1110. The van der Waals surface area contributed by atoms with Gasteiger partial charge in [0.2, 0.25) is 5.91 Å². The van der Waals surface area contributed by atoms with E-state index in [1.165, 1.54) is 5.56 Å². The number of aromatic nitrogens is 3. The Hall–Kier alpha value is -3.42. The molecule has 0 bridgehead atoms. The molecular formula is C24H30N6O2. The van der Waals surface area contributed by atoms with E-state index in [-0.39, 0.29) is 17.2 Å². The van der Waals surface area contributed by atoms with Gasteiger partial charge in [0.05, 0.1) is 6.20 Å². The molecule has 0 aliphatic carbocycles. The lowest BCUT2D eigenvalue weighted by Gasteiger charge is -2.19. The number of carbonyl (C=O) groups excluding carboxylic acids is 2. The van der Waals surface area contributed by atoms with E-state index < -0.39 is 0 Å². The van der Waals surface area contributed by atoms with E-state index in [0.717, 1.165) is 31.7 Å². The second-order valence-electron chi connectivity index (χ2n) is 9.17. The molecular weight excluding hydrogens is 404 g/mol. The lowest BCUT2D eigenvalue weighted by atomic mass is 9.87. The minimum absolute atomic E-state index is 0.0340. The molecule has 0 saturated carbocycles. The number of anilines is 2. The van der Waals surface area contributed by atoms with Crippen LogP contribution in [0.5, 0.6) is 0 Å². The molecule has 0 unspecified atom stereocenters. The molecule has 1 aliphatic rings. The number of nitrogens with one attached hydrogen (secondary N) is 2. The molecule has 0 radical (unpaired) electrons.